The molecular formula is C14H18N2O2. The second-order valence-electron chi connectivity index (χ2n) is 4.61. The summed E-state index contributed by atoms with van der Waals surface area (Å²) in [6.45, 7) is 1.09. The quantitative estimate of drug-likeness (QED) is 0.875. The minimum absolute atomic E-state index is 0.416. The standard InChI is InChI=1S/C14H18N2O2/c1-17-11-5-6-12(18-2)14-13(11)9(8-16-14)10-4-3-7-15-10/h5-6,8,10,15-16H,3-4,7H2,1-2H3. The Hall–Kier alpha value is -1.68. The molecule has 3 rings (SSSR count). The van der Waals surface area contributed by atoms with Crippen LogP contribution in [0.4, 0.5) is 0 Å². The lowest BCUT2D eigenvalue weighted by atomic mass is 10.0. The fourth-order valence-electron chi connectivity index (χ4n) is 2.78. The van der Waals surface area contributed by atoms with Gasteiger partial charge < -0.3 is 19.8 Å². The van der Waals surface area contributed by atoms with Crippen molar-refractivity contribution in [1.82, 2.24) is 10.3 Å². The Labute approximate surface area is 106 Å². The van der Waals surface area contributed by atoms with E-state index in [9.17, 15) is 0 Å². The first-order valence-electron chi connectivity index (χ1n) is 6.30. The van der Waals surface area contributed by atoms with Crippen molar-refractivity contribution in [2.75, 3.05) is 20.8 Å². The first kappa shape index (κ1) is 11.4. The van der Waals surface area contributed by atoms with Gasteiger partial charge in [-0.15, -0.1) is 0 Å². The largest absolute Gasteiger partial charge is 0.496 e. The fourth-order valence-corrected chi connectivity index (χ4v) is 2.78. The van der Waals surface area contributed by atoms with Crippen molar-refractivity contribution in [3.05, 3.63) is 23.9 Å². The van der Waals surface area contributed by atoms with Crippen LogP contribution in [0.25, 0.3) is 10.9 Å². The molecule has 0 radical (unpaired) electrons. The van der Waals surface area contributed by atoms with E-state index >= 15 is 0 Å². The van der Waals surface area contributed by atoms with Crippen LogP contribution in [0.15, 0.2) is 18.3 Å². The molecule has 2 N–H and O–H groups in total. The molecule has 0 spiro atoms. The Bertz CT molecular complexity index is 556. The molecule has 1 atom stereocenters. The van der Waals surface area contributed by atoms with E-state index < -0.39 is 0 Å². The Morgan fingerprint density at radius 2 is 1.94 bits per heavy atom. The van der Waals surface area contributed by atoms with Crippen LogP contribution >= 0.6 is 0 Å². The third-order valence-corrected chi connectivity index (χ3v) is 3.67. The van der Waals surface area contributed by atoms with E-state index in [0.717, 1.165) is 28.9 Å². The van der Waals surface area contributed by atoms with Gasteiger partial charge >= 0.3 is 0 Å². The van der Waals surface area contributed by atoms with Crippen LogP contribution in [0.1, 0.15) is 24.4 Å². The van der Waals surface area contributed by atoms with Crippen LogP contribution in [0.5, 0.6) is 11.5 Å². The summed E-state index contributed by atoms with van der Waals surface area (Å²) in [6, 6.07) is 4.32. The lowest BCUT2D eigenvalue weighted by Gasteiger charge is -2.12. The second kappa shape index (κ2) is 4.53. The molecular weight excluding hydrogens is 228 g/mol. The van der Waals surface area contributed by atoms with Gasteiger partial charge in [0.1, 0.15) is 11.5 Å². The zero-order valence-corrected chi connectivity index (χ0v) is 10.7. The number of methoxy groups -OCH3 is 2. The highest BCUT2D eigenvalue weighted by Gasteiger charge is 2.22. The van der Waals surface area contributed by atoms with E-state index in [0.29, 0.717) is 6.04 Å². The number of benzene rings is 1. The van der Waals surface area contributed by atoms with Crippen LogP contribution in [0.3, 0.4) is 0 Å². The highest BCUT2D eigenvalue weighted by molar-refractivity contribution is 5.94. The van der Waals surface area contributed by atoms with Gasteiger partial charge in [-0.05, 0) is 37.1 Å². The topological polar surface area (TPSA) is 46.3 Å². The number of fused-ring (bicyclic) bond motifs is 1. The number of ether oxygens (including phenoxy) is 2. The Kier molecular flexibility index (Phi) is 2.88. The summed E-state index contributed by atoms with van der Waals surface area (Å²) in [7, 11) is 3.40. The monoisotopic (exact) mass is 246 g/mol. The predicted octanol–water partition coefficient (Wildman–Crippen LogP) is 2.61. The van der Waals surface area contributed by atoms with Crippen molar-refractivity contribution in [3.63, 3.8) is 0 Å². The molecule has 0 saturated carbocycles. The van der Waals surface area contributed by atoms with Crippen LogP contribution in [0.2, 0.25) is 0 Å². The van der Waals surface area contributed by atoms with E-state index in [-0.39, 0.29) is 0 Å². The molecule has 1 aliphatic rings. The summed E-state index contributed by atoms with van der Waals surface area (Å²) in [4.78, 5) is 3.31. The van der Waals surface area contributed by atoms with Gasteiger partial charge in [-0.1, -0.05) is 0 Å². The third kappa shape index (κ3) is 1.64. The number of aromatic nitrogens is 1. The summed E-state index contributed by atoms with van der Waals surface area (Å²) < 4.78 is 10.9. The Morgan fingerprint density at radius 3 is 2.61 bits per heavy atom. The van der Waals surface area contributed by atoms with E-state index in [1.54, 1.807) is 14.2 Å². The minimum Gasteiger partial charge on any atom is -0.496 e. The van der Waals surface area contributed by atoms with Crippen LogP contribution in [0, 0.1) is 0 Å². The van der Waals surface area contributed by atoms with E-state index in [4.69, 9.17) is 9.47 Å². The molecule has 1 saturated heterocycles. The van der Waals surface area contributed by atoms with Crippen molar-refractivity contribution >= 4 is 10.9 Å². The zero-order valence-electron chi connectivity index (χ0n) is 10.7. The Balaban J connectivity index is 2.20. The smallest absolute Gasteiger partial charge is 0.143 e. The number of nitrogens with one attached hydrogen (secondary N) is 2. The molecule has 1 aromatic heterocycles. The molecule has 96 valence electrons. The van der Waals surface area contributed by atoms with Crippen LogP contribution in [-0.4, -0.2) is 25.7 Å². The maximum atomic E-state index is 5.48. The number of aromatic amines is 1. The maximum absolute atomic E-state index is 5.48. The lowest BCUT2D eigenvalue weighted by Crippen LogP contribution is -2.12. The van der Waals surface area contributed by atoms with Crippen molar-refractivity contribution in [2.24, 2.45) is 0 Å². The van der Waals surface area contributed by atoms with Crippen LogP contribution < -0.4 is 14.8 Å². The van der Waals surface area contributed by atoms with Crippen molar-refractivity contribution in [1.29, 1.82) is 0 Å². The first-order chi connectivity index (χ1) is 8.85. The summed E-state index contributed by atoms with van der Waals surface area (Å²) >= 11 is 0. The molecule has 18 heavy (non-hydrogen) atoms. The summed E-state index contributed by atoms with van der Waals surface area (Å²) in [5, 5.41) is 4.66. The van der Waals surface area contributed by atoms with Crippen molar-refractivity contribution in [3.8, 4) is 11.5 Å². The van der Waals surface area contributed by atoms with E-state index in [1.165, 1.54) is 18.4 Å². The molecule has 1 fully saturated rings. The van der Waals surface area contributed by atoms with Gasteiger partial charge in [0.2, 0.25) is 0 Å². The first-order valence-corrected chi connectivity index (χ1v) is 6.30. The van der Waals surface area contributed by atoms with Gasteiger partial charge in [0, 0.05) is 12.2 Å². The minimum atomic E-state index is 0.416. The van der Waals surface area contributed by atoms with Gasteiger partial charge in [0.15, 0.2) is 0 Å². The maximum Gasteiger partial charge on any atom is 0.143 e. The second-order valence-corrected chi connectivity index (χ2v) is 4.61. The third-order valence-electron chi connectivity index (χ3n) is 3.67. The van der Waals surface area contributed by atoms with Crippen molar-refractivity contribution in [2.45, 2.75) is 18.9 Å². The molecule has 0 amide bonds. The van der Waals surface area contributed by atoms with Gasteiger partial charge in [0.25, 0.3) is 0 Å². The number of H-pyrrole nitrogens is 1. The Morgan fingerprint density at radius 1 is 1.17 bits per heavy atom. The molecule has 2 heterocycles. The summed E-state index contributed by atoms with van der Waals surface area (Å²) in [5.74, 6) is 1.76. The van der Waals surface area contributed by atoms with Gasteiger partial charge in [-0.2, -0.15) is 0 Å². The molecule has 1 unspecified atom stereocenters. The molecule has 0 aliphatic carbocycles. The average molecular weight is 246 g/mol. The van der Waals surface area contributed by atoms with E-state index in [1.807, 2.05) is 12.1 Å². The highest BCUT2D eigenvalue weighted by Crippen LogP contribution is 2.39. The van der Waals surface area contributed by atoms with Crippen molar-refractivity contribution < 1.29 is 9.47 Å². The highest BCUT2D eigenvalue weighted by atomic mass is 16.5. The molecule has 2 aromatic rings. The van der Waals surface area contributed by atoms with Gasteiger partial charge in [0.05, 0.1) is 25.1 Å². The number of hydrogen-bond acceptors (Lipinski definition) is 3. The zero-order chi connectivity index (χ0) is 12.5. The number of rotatable bonds is 3. The SMILES string of the molecule is COc1ccc(OC)c2c(C3CCCN3)c[nH]c12. The molecule has 4 nitrogen and oxygen atoms in total. The molecule has 1 aromatic carbocycles. The molecule has 0 bridgehead atoms. The normalized spacial score (nSPS) is 19.3. The lowest BCUT2D eigenvalue weighted by molar-refractivity contribution is 0.410. The van der Waals surface area contributed by atoms with E-state index in [2.05, 4.69) is 16.5 Å². The van der Waals surface area contributed by atoms with Crippen LogP contribution in [-0.2, 0) is 0 Å². The van der Waals surface area contributed by atoms with Gasteiger partial charge in [-0.3, -0.25) is 0 Å². The van der Waals surface area contributed by atoms with Gasteiger partial charge in [-0.25, -0.2) is 0 Å². The number of hydrogen-bond donors (Lipinski definition) is 2. The molecule has 1 aliphatic heterocycles. The predicted molar refractivity (Wildman–Crippen MR) is 71.4 cm³/mol. The molecule has 4 heteroatoms. The fraction of sp³-hybridized carbons (Fsp3) is 0.429. The summed E-state index contributed by atoms with van der Waals surface area (Å²) in [6.07, 6.45) is 4.47. The summed E-state index contributed by atoms with van der Waals surface area (Å²) in [5.41, 5.74) is 2.29. The average Bonchev–Trinajstić information content (AvgIpc) is 3.05.